The summed E-state index contributed by atoms with van der Waals surface area (Å²) < 4.78 is 4.64. The minimum Gasteiger partial charge on any atom is -0.480 e. The molecule has 0 aromatic rings. The van der Waals surface area contributed by atoms with Crippen LogP contribution in [0.3, 0.4) is 0 Å². The molecule has 0 bridgehead atoms. The highest BCUT2D eigenvalue weighted by Crippen LogP contribution is 1.78. The van der Waals surface area contributed by atoms with E-state index in [2.05, 4.69) is 4.74 Å². The smallest absolute Gasteiger partial charge is 0.329 e. The average Bonchev–Trinajstić information content (AvgIpc) is 2.05. The lowest BCUT2D eigenvalue weighted by atomic mass is 10.5. The van der Waals surface area contributed by atoms with E-state index in [0.29, 0.717) is 6.61 Å². The summed E-state index contributed by atoms with van der Waals surface area (Å²) in [4.78, 5) is 9.75. The standard InChI is InChI=1S/C5H10O3.C3H8O2/c1-2-3-8-4-5(6)7;1-3(5)2-4/h2-4H2,1H3,(H,6,7);3-5H,2H2,1H3. The quantitative estimate of drug-likeness (QED) is 0.530. The Bertz CT molecular complexity index is 113. The van der Waals surface area contributed by atoms with Crippen molar-refractivity contribution in [2.75, 3.05) is 19.8 Å². The second-order valence-corrected chi connectivity index (χ2v) is 2.48. The van der Waals surface area contributed by atoms with Gasteiger partial charge in [-0.3, -0.25) is 0 Å². The lowest BCUT2D eigenvalue weighted by Crippen LogP contribution is -2.06. The summed E-state index contributed by atoms with van der Waals surface area (Å²) in [6.45, 7) is 3.68. The Morgan fingerprint density at radius 1 is 1.54 bits per heavy atom. The van der Waals surface area contributed by atoms with Crippen LogP contribution in [0.5, 0.6) is 0 Å². The van der Waals surface area contributed by atoms with Gasteiger partial charge in [-0.15, -0.1) is 0 Å². The van der Waals surface area contributed by atoms with E-state index in [4.69, 9.17) is 15.3 Å². The molecule has 0 amide bonds. The van der Waals surface area contributed by atoms with Crippen LogP contribution in [-0.2, 0) is 9.53 Å². The first-order valence-electron chi connectivity index (χ1n) is 4.13. The first-order valence-corrected chi connectivity index (χ1v) is 4.13. The molecule has 0 radical (unpaired) electrons. The van der Waals surface area contributed by atoms with E-state index in [0.717, 1.165) is 6.42 Å². The highest BCUT2D eigenvalue weighted by atomic mass is 16.5. The van der Waals surface area contributed by atoms with Gasteiger partial charge in [0.05, 0.1) is 12.7 Å². The third-order valence-corrected chi connectivity index (χ3v) is 0.838. The Morgan fingerprint density at radius 2 is 2.00 bits per heavy atom. The fourth-order valence-electron chi connectivity index (χ4n) is 0.304. The van der Waals surface area contributed by atoms with E-state index in [1.165, 1.54) is 6.92 Å². The molecule has 13 heavy (non-hydrogen) atoms. The second-order valence-electron chi connectivity index (χ2n) is 2.48. The number of carboxylic acid groups (broad SMARTS) is 1. The summed E-state index contributed by atoms with van der Waals surface area (Å²) in [5.41, 5.74) is 0. The van der Waals surface area contributed by atoms with Crippen molar-refractivity contribution in [3.8, 4) is 0 Å². The Kier molecular flexibility index (Phi) is 13.0. The molecule has 0 aliphatic rings. The van der Waals surface area contributed by atoms with Crippen molar-refractivity contribution < 1.29 is 24.9 Å². The maximum atomic E-state index is 9.75. The summed E-state index contributed by atoms with van der Waals surface area (Å²) >= 11 is 0. The van der Waals surface area contributed by atoms with E-state index >= 15 is 0 Å². The molecule has 0 saturated heterocycles. The molecule has 1 unspecified atom stereocenters. The van der Waals surface area contributed by atoms with Gasteiger partial charge in [0.1, 0.15) is 6.61 Å². The predicted molar refractivity (Wildman–Crippen MR) is 47.5 cm³/mol. The lowest BCUT2D eigenvalue weighted by molar-refractivity contribution is -0.142. The van der Waals surface area contributed by atoms with Gasteiger partial charge in [0.25, 0.3) is 0 Å². The van der Waals surface area contributed by atoms with E-state index in [-0.39, 0.29) is 13.2 Å². The minimum absolute atomic E-state index is 0.139. The van der Waals surface area contributed by atoms with Gasteiger partial charge in [-0.25, -0.2) is 4.79 Å². The molecule has 0 aromatic carbocycles. The van der Waals surface area contributed by atoms with Crippen molar-refractivity contribution >= 4 is 5.97 Å². The summed E-state index contributed by atoms with van der Waals surface area (Å²) in [5, 5.41) is 24.0. The van der Waals surface area contributed by atoms with Gasteiger partial charge in [0, 0.05) is 6.61 Å². The van der Waals surface area contributed by atoms with Gasteiger partial charge in [-0.05, 0) is 13.3 Å². The molecule has 5 nitrogen and oxygen atoms in total. The fraction of sp³-hybridized carbons (Fsp3) is 0.875. The third kappa shape index (κ3) is 24.6. The van der Waals surface area contributed by atoms with Crippen LogP contribution in [0.2, 0.25) is 0 Å². The summed E-state index contributed by atoms with van der Waals surface area (Å²) in [7, 11) is 0. The zero-order valence-corrected chi connectivity index (χ0v) is 8.06. The number of aliphatic hydroxyl groups is 2. The molecule has 0 aliphatic heterocycles. The van der Waals surface area contributed by atoms with Gasteiger partial charge in [-0.2, -0.15) is 0 Å². The van der Waals surface area contributed by atoms with E-state index in [1.54, 1.807) is 0 Å². The van der Waals surface area contributed by atoms with Gasteiger partial charge < -0.3 is 20.1 Å². The molecule has 0 aliphatic carbocycles. The van der Waals surface area contributed by atoms with Crippen LogP contribution in [0, 0.1) is 0 Å². The first kappa shape index (κ1) is 14.9. The van der Waals surface area contributed by atoms with Crippen molar-refractivity contribution in [1.82, 2.24) is 0 Å². The number of aliphatic carboxylic acids is 1. The zero-order chi connectivity index (χ0) is 10.7. The van der Waals surface area contributed by atoms with E-state index in [9.17, 15) is 4.79 Å². The molecule has 80 valence electrons. The third-order valence-electron chi connectivity index (χ3n) is 0.838. The molecule has 0 saturated carbocycles. The number of hydrogen-bond acceptors (Lipinski definition) is 4. The molecular formula is C8H18O5. The molecular weight excluding hydrogens is 176 g/mol. The van der Waals surface area contributed by atoms with Crippen LogP contribution in [0.25, 0.3) is 0 Å². The first-order chi connectivity index (χ1) is 6.04. The zero-order valence-electron chi connectivity index (χ0n) is 8.06. The Labute approximate surface area is 78.0 Å². The maximum Gasteiger partial charge on any atom is 0.329 e. The molecule has 1 atom stereocenters. The number of hydrogen-bond donors (Lipinski definition) is 3. The monoisotopic (exact) mass is 194 g/mol. The van der Waals surface area contributed by atoms with Crippen LogP contribution in [0.4, 0.5) is 0 Å². The summed E-state index contributed by atoms with van der Waals surface area (Å²) in [6.07, 6.45) is 0.308. The normalized spacial score (nSPS) is 11.4. The van der Waals surface area contributed by atoms with Gasteiger partial charge in [-0.1, -0.05) is 6.92 Å². The van der Waals surface area contributed by atoms with Crippen LogP contribution >= 0.6 is 0 Å². The molecule has 0 fully saturated rings. The van der Waals surface area contributed by atoms with Crippen molar-refractivity contribution in [1.29, 1.82) is 0 Å². The van der Waals surface area contributed by atoms with E-state index in [1.807, 2.05) is 6.92 Å². The maximum absolute atomic E-state index is 9.75. The molecule has 3 N–H and O–H groups in total. The number of ether oxygens (including phenoxy) is 1. The Morgan fingerprint density at radius 3 is 2.23 bits per heavy atom. The predicted octanol–water partition coefficient (Wildman–Crippen LogP) is -0.143. The molecule has 5 heteroatoms. The Balaban J connectivity index is 0. The van der Waals surface area contributed by atoms with Crippen LogP contribution in [0.1, 0.15) is 20.3 Å². The van der Waals surface area contributed by atoms with Crippen LogP contribution in [0.15, 0.2) is 0 Å². The van der Waals surface area contributed by atoms with Crippen LogP contribution < -0.4 is 0 Å². The van der Waals surface area contributed by atoms with Gasteiger partial charge in [0.15, 0.2) is 0 Å². The van der Waals surface area contributed by atoms with Crippen molar-refractivity contribution in [3.05, 3.63) is 0 Å². The molecule has 0 aromatic heterocycles. The molecule has 0 rings (SSSR count). The fourth-order valence-corrected chi connectivity index (χ4v) is 0.304. The second kappa shape index (κ2) is 11.4. The SMILES string of the molecule is CC(O)CO.CCCOCC(=O)O. The topological polar surface area (TPSA) is 87.0 Å². The van der Waals surface area contributed by atoms with Crippen molar-refractivity contribution in [3.63, 3.8) is 0 Å². The number of rotatable bonds is 5. The van der Waals surface area contributed by atoms with Gasteiger partial charge in [0.2, 0.25) is 0 Å². The molecule has 0 heterocycles. The van der Waals surface area contributed by atoms with Crippen LogP contribution in [-0.4, -0.2) is 47.2 Å². The number of carbonyl (C=O) groups is 1. The average molecular weight is 194 g/mol. The highest BCUT2D eigenvalue weighted by Gasteiger charge is 1.92. The minimum atomic E-state index is -0.904. The van der Waals surface area contributed by atoms with Crippen molar-refractivity contribution in [2.24, 2.45) is 0 Å². The summed E-state index contributed by atoms with van der Waals surface area (Å²) in [5.74, 6) is -0.904. The highest BCUT2D eigenvalue weighted by molar-refractivity contribution is 5.67. The molecule has 0 spiro atoms. The summed E-state index contributed by atoms with van der Waals surface area (Å²) in [6, 6.07) is 0. The van der Waals surface area contributed by atoms with Crippen molar-refractivity contribution in [2.45, 2.75) is 26.4 Å². The van der Waals surface area contributed by atoms with Gasteiger partial charge >= 0.3 is 5.97 Å². The van der Waals surface area contributed by atoms with E-state index < -0.39 is 12.1 Å². The Hall–Kier alpha value is -0.650. The largest absolute Gasteiger partial charge is 0.480 e. The lowest BCUT2D eigenvalue weighted by Gasteiger charge is -1.94. The number of carboxylic acids is 1. The number of aliphatic hydroxyl groups excluding tert-OH is 2.